The Morgan fingerprint density at radius 1 is 1.11 bits per heavy atom. The van der Waals surface area contributed by atoms with Crippen LogP contribution in [-0.4, -0.2) is 35.1 Å². The molecule has 0 unspecified atom stereocenters. The molecule has 0 aromatic heterocycles. The maximum Gasteiger partial charge on any atom is 0.253 e. The van der Waals surface area contributed by atoms with Gasteiger partial charge in [0.05, 0.1) is 21.7 Å². The monoisotopic (exact) mass is 410 g/mol. The molecule has 0 radical (unpaired) electrons. The Hall–Kier alpha value is -1.66. The molecule has 1 fully saturated rings. The van der Waals surface area contributed by atoms with E-state index in [9.17, 15) is 14.3 Å². The molecule has 1 aliphatic heterocycles. The van der Waals surface area contributed by atoms with Crippen LogP contribution >= 0.6 is 23.2 Å². The zero-order valence-corrected chi connectivity index (χ0v) is 16.2. The SMILES string of the molecule is O=C(NCc1ccc(CN2CCC(O)CC2)cc1)c1cc(F)c(Cl)cc1Cl. The highest BCUT2D eigenvalue weighted by atomic mass is 35.5. The first-order valence-corrected chi connectivity index (χ1v) is 9.59. The van der Waals surface area contributed by atoms with Gasteiger partial charge in [0, 0.05) is 26.2 Å². The van der Waals surface area contributed by atoms with E-state index in [1.807, 2.05) is 24.3 Å². The number of benzene rings is 2. The highest BCUT2D eigenvalue weighted by Crippen LogP contribution is 2.24. The van der Waals surface area contributed by atoms with Crippen molar-refractivity contribution in [1.29, 1.82) is 0 Å². The van der Waals surface area contributed by atoms with Gasteiger partial charge in [-0.2, -0.15) is 0 Å². The Morgan fingerprint density at radius 2 is 1.74 bits per heavy atom. The summed E-state index contributed by atoms with van der Waals surface area (Å²) < 4.78 is 13.6. The van der Waals surface area contributed by atoms with Gasteiger partial charge in [-0.3, -0.25) is 9.69 Å². The molecule has 0 spiro atoms. The molecular formula is C20H21Cl2FN2O2. The van der Waals surface area contributed by atoms with Gasteiger partial charge in [0.15, 0.2) is 0 Å². The topological polar surface area (TPSA) is 52.6 Å². The molecule has 0 saturated carbocycles. The number of hydrogen-bond donors (Lipinski definition) is 2. The summed E-state index contributed by atoms with van der Waals surface area (Å²) in [5, 5.41) is 12.3. The summed E-state index contributed by atoms with van der Waals surface area (Å²) in [5.74, 6) is -1.13. The number of rotatable bonds is 5. The molecule has 0 bridgehead atoms. The number of aliphatic hydroxyl groups is 1. The molecule has 7 heteroatoms. The number of piperidine rings is 1. The minimum atomic E-state index is -0.680. The quantitative estimate of drug-likeness (QED) is 0.731. The Morgan fingerprint density at radius 3 is 2.41 bits per heavy atom. The summed E-state index contributed by atoms with van der Waals surface area (Å²) in [7, 11) is 0. The average molecular weight is 411 g/mol. The molecule has 2 N–H and O–H groups in total. The number of halogens is 3. The number of hydrogen-bond acceptors (Lipinski definition) is 3. The fourth-order valence-electron chi connectivity index (χ4n) is 3.07. The third-order valence-electron chi connectivity index (χ3n) is 4.69. The van der Waals surface area contributed by atoms with Gasteiger partial charge in [-0.15, -0.1) is 0 Å². The van der Waals surface area contributed by atoms with Gasteiger partial charge in [-0.05, 0) is 36.1 Å². The third-order valence-corrected chi connectivity index (χ3v) is 5.30. The van der Waals surface area contributed by atoms with Crippen LogP contribution in [0.3, 0.4) is 0 Å². The standard InChI is InChI=1S/C20H21Cl2FN2O2/c21-17-10-18(22)19(23)9-16(17)20(27)24-11-13-1-3-14(4-2-13)12-25-7-5-15(26)6-8-25/h1-4,9-10,15,26H,5-8,11-12H2,(H,24,27). The van der Waals surface area contributed by atoms with E-state index in [0.717, 1.165) is 44.1 Å². The Labute approximate surface area is 167 Å². The van der Waals surface area contributed by atoms with Crippen molar-refractivity contribution in [1.82, 2.24) is 10.2 Å². The van der Waals surface area contributed by atoms with Gasteiger partial charge in [0.2, 0.25) is 0 Å². The van der Waals surface area contributed by atoms with Crippen molar-refractivity contribution in [3.63, 3.8) is 0 Å². The molecule has 1 aliphatic rings. The van der Waals surface area contributed by atoms with Crippen LogP contribution in [0.1, 0.15) is 34.3 Å². The van der Waals surface area contributed by atoms with Crippen molar-refractivity contribution in [3.8, 4) is 0 Å². The van der Waals surface area contributed by atoms with Crippen LogP contribution in [-0.2, 0) is 13.1 Å². The van der Waals surface area contributed by atoms with E-state index in [4.69, 9.17) is 23.2 Å². The molecule has 1 amide bonds. The molecule has 4 nitrogen and oxygen atoms in total. The molecule has 3 rings (SSSR count). The van der Waals surface area contributed by atoms with E-state index >= 15 is 0 Å². The normalized spacial score (nSPS) is 15.7. The van der Waals surface area contributed by atoms with Crippen molar-refractivity contribution >= 4 is 29.1 Å². The second-order valence-corrected chi connectivity index (χ2v) is 7.57. The van der Waals surface area contributed by atoms with Gasteiger partial charge in [0.25, 0.3) is 5.91 Å². The van der Waals surface area contributed by atoms with Gasteiger partial charge >= 0.3 is 0 Å². The summed E-state index contributed by atoms with van der Waals surface area (Å²) >= 11 is 11.6. The summed E-state index contributed by atoms with van der Waals surface area (Å²) in [5.41, 5.74) is 2.18. The molecule has 0 atom stereocenters. The van der Waals surface area contributed by atoms with Gasteiger partial charge < -0.3 is 10.4 Å². The minimum absolute atomic E-state index is 0.0578. The molecule has 2 aromatic rings. The second kappa shape index (κ2) is 9.02. The summed E-state index contributed by atoms with van der Waals surface area (Å²) in [6.45, 7) is 2.96. The molecular weight excluding hydrogens is 390 g/mol. The fraction of sp³-hybridized carbons (Fsp3) is 0.350. The van der Waals surface area contributed by atoms with Crippen LogP contribution in [0.4, 0.5) is 4.39 Å². The molecule has 1 saturated heterocycles. The van der Waals surface area contributed by atoms with Crippen LogP contribution in [0.2, 0.25) is 10.0 Å². The number of nitrogens with zero attached hydrogens (tertiary/aromatic N) is 1. The number of nitrogens with one attached hydrogen (secondary N) is 1. The van der Waals surface area contributed by atoms with Gasteiger partial charge in [-0.1, -0.05) is 47.5 Å². The van der Waals surface area contributed by atoms with Crippen molar-refractivity contribution in [3.05, 3.63) is 69.0 Å². The van der Waals surface area contributed by atoms with Crippen LogP contribution < -0.4 is 5.32 Å². The first-order chi connectivity index (χ1) is 12.9. The largest absolute Gasteiger partial charge is 0.393 e. The third kappa shape index (κ3) is 5.42. The first-order valence-electron chi connectivity index (χ1n) is 8.83. The van der Waals surface area contributed by atoms with Crippen LogP contribution in [0.15, 0.2) is 36.4 Å². The fourth-order valence-corrected chi connectivity index (χ4v) is 3.54. The van der Waals surface area contributed by atoms with E-state index in [0.29, 0.717) is 6.54 Å². The van der Waals surface area contributed by atoms with Crippen LogP contribution in [0, 0.1) is 5.82 Å². The maximum absolute atomic E-state index is 13.6. The second-order valence-electron chi connectivity index (χ2n) is 6.75. The highest BCUT2D eigenvalue weighted by molar-refractivity contribution is 6.36. The van der Waals surface area contributed by atoms with E-state index in [1.165, 1.54) is 11.6 Å². The number of carbonyl (C=O) groups is 1. The number of aliphatic hydroxyl groups excluding tert-OH is 1. The summed E-state index contributed by atoms with van der Waals surface area (Å²) in [6, 6.07) is 10.2. The van der Waals surface area contributed by atoms with E-state index in [-0.39, 0.29) is 21.7 Å². The van der Waals surface area contributed by atoms with Crippen molar-refractivity contribution in [2.24, 2.45) is 0 Å². The Bertz CT molecular complexity index is 806. The number of carbonyl (C=O) groups excluding carboxylic acids is 1. The zero-order valence-electron chi connectivity index (χ0n) is 14.7. The Balaban J connectivity index is 1.54. The summed E-state index contributed by atoms with van der Waals surface area (Å²) in [6.07, 6.45) is 1.46. The maximum atomic E-state index is 13.6. The van der Waals surface area contributed by atoms with Crippen LogP contribution in [0.5, 0.6) is 0 Å². The van der Waals surface area contributed by atoms with E-state index in [1.54, 1.807) is 0 Å². The predicted molar refractivity (Wildman–Crippen MR) is 105 cm³/mol. The van der Waals surface area contributed by atoms with Gasteiger partial charge in [0.1, 0.15) is 5.82 Å². The molecule has 144 valence electrons. The van der Waals surface area contributed by atoms with Crippen LogP contribution in [0.25, 0.3) is 0 Å². The number of amides is 1. The lowest BCUT2D eigenvalue weighted by Gasteiger charge is -2.29. The average Bonchev–Trinajstić information content (AvgIpc) is 2.66. The lowest BCUT2D eigenvalue weighted by atomic mass is 10.1. The van der Waals surface area contributed by atoms with E-state index < -0.39 is 11.7 Å². The summed E-state index contributed by atoms with van der Waals surface area (Å²) in [4.78, 5) is 14.5. The van der Waals surface area contributed by atoms with Crippen molar-refractivity contribution < 1.29 is 14.3 Å². The van der Waals surface area contributed by atoms with Gasteiger partial charge in [-0.25, -0.2) is 4.39 Å². The molecule has 27 heavy (non-hydrogen) atoms. The molecule has 1 heterocycles. The van der Waals surface area contributed by atoms with E-state index in [2.05, 4.69) is 10.2 Å². The Kier molecular flexibility index (Phi) is 6.71. The minimum Gasteiger partial charge on any atom is -0.393 e. The zero-order chi connectivity index (χ0) is 19.4. The molecule has 0 aliphatic carbocycles. The number of likely N-dealkylation sites (tertiary alicyclic amines) is 1. The smallest absolute Gasteiger partial charge is 0.253 e. The van der Waals surface area contributed by atoms with Crippen molar-refractivity contribution in [2.75, 3.05) is 13.1 Å². The molecule has 2 aromatic carbocycles. The first kappa shape index (κ1) is 20.1. The lowest BCUT2D eigenvalue weighted by molar-refractivity contribution is 0.0792. The predicted octanol–water partition coefficient (Wildman–Crippen LogP) is 4.02. The van der Waals surface area contributed by atoms with Crippen molar-refractivity contribution in [2.45, 2.75) is 32.0 Å². The lowest BCUT2D eigenvalue weighted by Crippen LogP contribution is -2.35. The highest BCUT2D eigenvalue weighted by Gasteiger charge is 2.17.